The monoisotopic (exact) mass is 266 g/mol. The SMILES string of the molecule is CC(NC1C2CCCOC2C1(C)C)C(=O)NC1CC1. The number of carbonyl (C=O) groups is 1. The highest BCUT2D eigenvalue weighted by Gasteiger charge is 2.58. The molecule has 3 rings (SSSR count). The lowest BCUT2D eigenvalue weighted by Crippen LogP contribution is -2.71. The van der Waals surface area contributed by atoms with E-state index < -0.39 is 0 Å². The highest BCUT2D eigenvalue weighted by Crippen LogP contribution is 2.51. The van der Waals surface area contributed by atoms with Crippen molar-refractivity contribution in [1.82, 2.24) is 10.6 Å². The van der Waals surface area contributed by atoms with Crippen LogP contribution >= 0.6 is 0 Å². The summed E-state index contributed by atoms with van der Waals surface area (Å²) < 4.78 is 5.90. The largest absolute Gasteiger partial charge is 0.377 e. The van der Waals surface area contributed by atoms with Gasteiger partial charge in [-0.25, -0.2) is 0 Å². The number of hydrogen-bond donors (Lipinski definition) is 2. The van der Waals surface area contributed by atoms with Gasteiger partial charge in [0.25, 0.3) is 0 Å². The van der Waals surface area contributed by atoms with Crippen molar-refractivity contribution in [2.45, 2.75) is 70.7 Å². The lowest BCUT2D eigenvalue weighted by Gasteiger charge is -2.60. The first-order valence-corrected chi connectivity index (χ1v) is 7.68. The molecule has 4 unspecified atom stereocenters. The summed E-state index contributed by atoms with van der Waals surface area (Å²) in [7, 11) is 0. The van der Waals surface area contributed by atoms with Crippen LogP contribution in [0.25, 0.3) is 0 Å². The van der Waals surface area contributed by atoms with Crippen molar-refractivity contribution < 1.29 is 9.53 Å². The van der Waals surface area contributed by atoms with E-state index in [2.05, 4.69) is 24.5 Å². The molecule has 19 heavy (non-hydrogen) atoms. The maximum absolute atomic E-state index is 12.0. The Kier molecular flexibility index (Phi) is 3.34. The smallest absolute Gasteiger partial charge is 0.237 e. The molecule has 1 heterocycles. The lowest BCUT2D eigenvalue weighted by molar-refractivity contribution is -0.194. The quantitative estimate of drug-likeness (QED) is 0.809. The number of ether oxygens (including phenoxy) is 1. The van der Waals surface area contributed by atoms with Crippen molar-refractivity contribution >= 4 is 5.91 Å². The van der Waals surface area contributed by atoms with Crippen LogP contribution in [0.2, 0.25) is 0 Å². The van der Waals surface area contributed by atoms with E-state index in [1.54, 1.807) is 0 Å². The number of amides is 1. The molecule has 2 aliphatic carbocycles. The van der Waals surface area contributed by atoms with Crippen LogP contribution in [-0.2, 0) is 9.53 Å². The summed E-state index contributed by atoms with van der Waals surface area (Å²) >= 11 is 0. The van der Waals surface area contributed by atoms with E-state index in [-0.39, 0.29) is 17.4 Å². The molecule has 3 fully saturated rings. The predicted molar refractivity (Wildman–Crippen MR) is 73.8 cm³/mol. The summed E-state index contributed by atoms with van der Waals surface area (Å²) in [5, 5.41) is 6.62. The van der Waals surface area contributed by atoms with E-state index >= 15 is 0 Å². The Hall–Kier alpha value is -0.610. The van der Waals surface area contributed by atoms with Crippen LogP contribution in [0.15, 0.2) is 0 Å². The molecule has 0 aromatic heterocycles. The van der Waals surface area contributed by atoms with E-state index in [1.165, 1.54) is 6.42 Å². The first-order valence-electron chi connectivity index (χ1n) is 7.68. The molecule has 108 valence electrons. The van der Waals surface area contributed by atoms with Gasteiger partial charge in [-0.1, -0.05) is 13.8 Å². The maximum atomic E-state index is 12.0. The molecule has 0 aromatic rings. The molecule has 0 radical (unpaired) electrons. The second kappa shape index (κ2) is 4.74. The summed E-state index contributed by atoms with van der Waals surface area (Å²) in [6, 6.07) is 0.738. The van der Waals surface area contributed by atoms with Crippen LogP contribution in [0.4, 0.5) is 0 Å². The summed E-state index contributed by atoms with van der Waals surface area (Å²) in [6.07, 6.45) is 5.04. The van der Waals surface area contributed by atoms with E-state index in [9.17, 15) is 4.79 Å². The summed E-state index contributed by atoms with van der Waals surface area (Å²) in [5.74, 6) is 0.735. The molecule has 4 atom stereocenters. The van der Waals surface area contributed by atoms with Crippen molar-refractivity contribution in [3.05, 3.63) is 0 Å². The van der Waals surface area contributed by atoms with Gasteiger partial charge in [0.15, 0.2) is 0 Å². The number of nitrogens with one attached hydrogen (secondary N) is 2. The van der Waals surface area contributed by atoms with Gasteiger partial charge in [-0.3, -0.25) is 4.79 Å². The van der Waals surface area contributed by atoms with Gasteiger partial charge >= 0.3 is 0 Å². The molecular weight excluding hydrogens is 240 g/mol. The average Bonchev–Trinajstić information content (AvgIpc) is 3.19. The van der Waals surface area contributed by atoms with Crippen LogP contribution in [0, 0.1) is 11.3 Å². The highest BCUT2D eigenvalue weighted by atomic mass is 16.5. The maximum Gasteiger partial charge on any atom is 0.237 e. The Morgan fingerprint density at radius 1 is 1.32 bits per heavy atom. The topological polar surface area (TPSA) is 50.4 Å². The van der Waals surface area contributed by atoms with Crippen LogP contribution < -0.4 is 10.6 Å². The van der Waals surface area contributed by atoms with Crippen molar-refractivity contribution in [3.63, 3.8) is 0 Å². The molecule has 2 saturated carbocycles. The third-order valence-electron chi connectivity index (χ3n) is 5.08. The zero-order valence-corrected chi connectivity index (χ0v) is 12.2. The average molecular weight is 266 g/mol. The molecule has 1 aliphatic heterocycles. The van der Waals surface area contributed by atoms with Gasteiger partial charge in [-0.15, -0.1) is 0 Å². The number of hydrogen-bond acceptors (Lipinski definition) is 3. The third kappa shape index (κ3) is 2.40. The van der Waals surface area contributed by atoms with Gasteiger partial charge in [0, 0.05) is 30.0 Å². The van der Waals surface area contributed by atoms with Crippen molar-refractivity contribution in [2.24, 2.45) is 11.3 Å². The van der Waals surface area contributed by atoms with E-state index in [4.69, 9.17) is 4.74 Å². The first-order chi connectivity index (χ1) is 9.00. The Bertz CT molecular complexity index is 365. The Labute approximate surface area is 115 Å². The van der Waals surface area contributed by atoms with Crippen LogP contribution in [0.3, 0.4) is 0 Å². The predicted octanol–water partition coefficient (Wildman–Crippen LogP) is 1.45. The standard InChI is InChI=1S/C15H26N2O2/c1-9(14(18)17-10-6-7-10)16-12-11-5-4-8-19-13(11)15(12,2)3/h9-13,16H,4-8H2,1-3H3,(H,17,18). The minimum atomic E-state index is -0.104. The lowest BCUT2D eigenvalue weighted by atomic mass is 9.55. The molecule has 2 N–H and O–H groups in total. The van der Waals surface area contributed by atoms with Gasteiger partial charge in [-0.05, 0) is 32.6 Å². The summed E-state index contributed by atoms with van der Waals surface area (Å²) in [4.78, 5) is 12.0. The molecule has 4 nitrogen and oxygen atoms in total. The molecule has 1 saturated heterocycles. The number of fused-ring (bicyclic) bond motifs is 1. The molecular formula is C15H26N2O2. The number of carbonyl (C=O) groups excluding carboxylic acids is 1. The van der Waals surface area contributed by atoms with Gasteiger partial charge in [-0.2, -0.15) is 0 Å². The van der Waals surface area contributed by atoms with E-state index in [0.717, 1.165) is 25.9 Å². The second-order valence-corrected chi connectivity index (χ2v) is 7.07. The third-order valence-corrected chi connectivity index (χ3v) is 5.08. The molecule has 3 aliphatic rings. The van der Waals surface area contributed by atoms with Crippen molar-refractivity contribution in [2.75, 3.05) is 6.61 Å². The Balaban J connectivity index is 1.57. The fourth-order valence-electron chi connectivity index (χ4n) is 3.76. The Morgan fingerprint density at radius 2 is 2.05 bits per heavy atom. The van der Waals surface area contributed by atoms with Gasteiger partial charge in [0.2, 0.25) is 5.91 Å². The van der Waals surface area contributed by atoms with Crippen LogP contribution in [0.1, 0.15) is 46.5 Å². The second-order valence-electron chi connectivity index (χ2n) is 7.07. The normalized spacial score (nSPS) is 37.9. The molecule has 1 amide bonds. The molecule has 4 heteroatoms. The fraction of sp³-hybridized carbons (Fsp3) is 0.933. The van der Waals surface area contributed by atoms with Gasteiger partial charge in [0.1, 0.15) is 0 Å². The van der Waals surface area contributed by atoms with Crippen LogP contribution in [0.5, 0.6) is 0 Å². The van der Waals surface area contributed by atoms with Crippen molar-refractivity contribution in [3.8, 4) is 0 Å². The number of rotatable bonds is 4. The van der Waals surface area contributed by atoms with Gasteiger partial charge < -0.3 is 15.4 Å². The zero-order valence-electron chi connectivity index (χ0n) is 12.2. The summed E-state index contributed by atoms with van der Waals surface area (Å²) in [5.41, 5.74) is 0.138. The first kappa shape index (κ1) is 13.4. The minimum Gasteiger partial charge on any atom is -0.377 e. The Morgan fingerprint density at radius 3 is 2.74 bits per heavy atom. The van der Waals surface area contributed by atoms with Gasteiger partial charge in [0.05, 0.1) is 12.1 Å². The van der Waals surface area contributed by atoms with Crippen LogP contribution in [-0.4, -0.2) is 36.7 Å². The van der Waals surface area contributed by atoms with Crippen molar-refractivity contribution in [1.29, 1.82) is 0 Å². The minimum absolute atomic E-state index is 0.104. The summed E-state index contributed by atoms with van der Waals surface area (Å²) in [6.45, 7) is 7.38. The molecule has 0 spiro atoms. The molecule has 0 bridgehead atoms. The highest BCUT2D eigenvalue weighted by molar-refractivity contribution is 5.81. The fourth-order valence-corrected chi connectivity index (χ4v) is 3.76. The molecule has 0 aromatic carbocycles. The van der Waals surface area contributed by atoms with E-state index in [1.807, 2.05) is 6.92 Å². The van der Waals surface area contributed by atoms with E-state index in [0.29, 0.717) is 24.1 Å². The zero-order chi connectivity index (χ0) is 13.6.